The van der Waals surface area contributed by atoms with Crippen molar-refractivity contribution in [3.8, 4) is 28.5 Å². The normalized spacial score (nSPS) is 11.7. The van der Waals surface area contributed by atoms with Crippen LogP contribution in [0.1, 0.15) is 12.5 Å². The Bertz CT molecular complexity index is 1520. The van der Waals surface area contributed by atoms with Crippen molar-refractivity contribution >= 4 is 32.1 Å². The number of carbonyl (C=O) groups is 1. The SMILES string of the molecule is CCS(=O)(=O)c1ccc(CC(=O)Nc2cc(-c3cccnc3Oc3ccc(OC(F)(F)F)cc3)cs2)cc1. The third kappa shape index (κ3) is 7.11. The molecule has 198 valence electrons. The van der Waals surface area contributed by atoms with Crippen LogP contribution in [0.5, 0.6) is 17.4 Å². The summed E-state index contributed by atoms with van der Waals surface area (Å²) in [5.41, 5.74) is 2.01. The van der Waals surface area contributed by atoms with Crippen molar-refractivity contribution in [1.82, 2.24) is 4.98 Å². The number of nitrogens with one attached hydrogen (secondary N) is 1. The van der Waals surface area contributed by atoms with Crippen molar-refractivity contribution in [2.45, 2.75) is 24.6 Å². The van der Waals surface area contributed by atoms with E-state index in [-0.39, 0.29) is 40.4 Å². The molecule has 7 nitrogen and oxygen atoms in total. The highest BCUT2D eigenvalue weighted by Crippen LogP contribution is 2.36. The van der Waals surface area contributed by atoms with Crippen LogP contribution in [0.2, 0.25) is 0 Å². The number of hydrogen-bond donors (Lipinski definition) is 1. The summed E-state index contributed by atoms with van der Waals surface area (Å²) in [5.74, 6) is -0.143. The molecule has 2 heterocycles. The highest BCUT2D eigenvalue weighted by Gasteiger charge is 2.31. The number of halogens is 3. The van der Waals surface area contributed by atoms with Gasteiger partial charge in [0.15, 0.2) is 9.84 Å². The van der Waals surface area contributed by atoms with E-state index in [2.05, 4.69) is 15.0 Å². The number of rotatable bonds is 9. The first-order valence-corrected chi connectivity index (χ1v) is 13.7. The number of hydrogen-bond acceptors (Lipinski definition) is 7. The van der Waals surface area contributed by atoms with E-state index in [1.807, 2.05) is 5.38 Å². The van der Waals surface area contributed by atoms with Crippen molar-refractivity contribution in [3.05, 3.63) is 83.9 Å². The molecule has 1 N–H and O–H groups in total. The molecule has 0 radical (unpaired) electrons. The second-order valence-corrected chi connectivity index (χ2v) is 11.1. The van der Waals surface area contributed by atoms with E-state index in [0.29, 0.717) is 16.1 Å². The fourth-order valence-corrected chi connectivity index (χ4v) is 5.10. The van der Waals surface area contributed by atoms with Gasteiger partial charge in [0, 0.05) is 17.1 Å². The van der Waals surface area contributed by atoms with Gasteiger partial charge in [-0.1, -0.05) is 19.1 Å². The Morgan fingerprint density at radius 1 is 1.03 bits per heavy atom. The summed E-state index contributed by atoms with van der Waals surface area (Å²) in [5, 5.41) is 5.22. The number of aromatic nitrogens is 1. The van der Waals surface area contributed by atoms with Gasteiger partial charge >= 0.3 is 6.36 Å². The molecule has 0 aliphatic rings. The molecule has 2 aromatic carbocycles. The Morgan fingerprint density at radius 3 is 2.37 bits per heavy atom. The fraction of sp³-hybridized carbons (Fsp3) is 0.154. The van der Waals surface area contributed by atoms with Gasteiger partial charge in [-0.25, -0.2) is 13.4 Å². The van der Waals surface area contributed by atoms with Crippen LogP contribution >= 0.6 is 11.3 Å². The molecule has 0 unspecified atom stereocenters. The molecule has 1 amide bonds. The number of carbonyl (C=O) groups excluding carboxylic acids is 1. The molecule has 0 spiro atoms. The number of benzene rings is 2. The van der Waals surface area contributed by atoms with E-state index < -0.39 is 16.2 Å². The first-order valence-electron chi connectivity index (χ1n) is 11.2. The highest BCUT2D eigenvalue weighted by molar-refractivity contribution is 7.91. The largest absolute Gasteiger partial charge is 0.573 e. The van der Waals surface area contributed by atoms with Gasteiger partial charge in [0.25, 0.3) is 0 Å². The minimum atomic E-state index is -4.79. The number of thiophene rings is 1. The highest BCUT2D eigenvalue weighted by atomic mass is 32.2. The quantitative estimate of drug-likeness (QED) is 0.251. The first kappa shape index (κ1) is 27.1. The molecule has 0 fully saturated rings. The Balaban J connectivity index is 1.42. The second-order valence-electron chi connectivity index (χ2n) is 7.95. The van der Waals surface area contributed by atoms with Gasteiger partial charge in [0.05, 0.1) is 22.1 Å². The number of alkyl halides is 3. The van der Waals surface area contributed by atoms with Crippen LogP contribution in [0.15, 0.2) is 83.2 Å². The molecule has 0 bridgehead atoms. The maximum Gasteiger partial charge on any atom is 0.573 e. The average molecular weight is 563 g/mol. The van der Waals surface area contributed by atoms with Crippen molar-refractivity contribution in [2.75, 3.05) is 11.1 Å². The number of pyridine rings is 1. The topological polar surface area (TPSA) is 94.6 Å². The molecule has 0 saturated carbocycles. The molecule has 2 aromatic heterocycles. The smallest absolute Gasteiger partial charge is 0.438 e. The maximum absolute atomic E-state index is 12.5. The van der Waals surface area contributed by atoms with Crippen molar-refractivity contribution < 1.29 is 35.9 Å². The summed E-state index contributed by atoms with van der Waals surface area (Å²) in [6.07, 6.45) is -3.20. The average Bonchev–Trinajstić information content (AvgIpc) is 3.33. The van der Waals surface area contributed by atoms with Gasteiger partial charge in [0.2, 0.25) is 11.8 Å². The zero-order chi connectivity index (χ0) is 27.3. The van der Waals surface area contributed by atoms with E-state index in [4.69, 9.17) is 4.74 Å². The Labute approximate surface area is 220 Å². The van der Waals surface area contributed by atoms with E-state index in [9.17, 15) is 26.4 Å². The minimum Gasteiger partial charge on any atom is -0.438 e. The molecular weight excluding hydrogens is 541 g/mol. The summed E-state index contributed by atoms with van der Waals surface area (Å²) < 4.78 is 70.7. The van der Waals surface area contributed by atoms with Gasteiger partial charge in [-0.05, 0) is 65.7 Å². The molecule has 0 aliphatic carbocycles. The number of ether oxygens (including phenoxy) is 2. The van der Waals surface area contributed by atoms with Crippen LogP contribution in [-0.2, 0) is 21.1 Å². The van der Waals surface area contributed by atoms with E-state index in [0.717, 1.165) is 17.7 Å². The summed E-state index contributed by atoms with van der Waals surface area (Å²) in [6.45, 7) is 1.57. The molecule has 0 saturated heterocycles. The minimum absolute atomic E-state index is 0.000428. The van der Waals surface area contributed by atoms with Crippen LogP contribution in [-0.4, -0.2) is 31.4 Å². The zero-order valence-electron chi connectivity index (χ0n) is 19.9. The molecule has 4 aromatic rings. The second kappa shape index (κ2) is 11.2. The van der Waals surface area contributed by atoms with Gasteiger partial charge in [0.1, 0.15) is 11.5 Å². The van der Waals surface area contributed by atoms with Crippen LogP contribution in [0, 0.1) is 0 Å². The van der Waals surface area contributed by atoms with Gasteiger partial charge in [-0.2, -0.15) is 0 Å². The number of anilines is 1. The molecule has 38 heavy (non-hydrogen) atoms. The lowest BCUT2D eigenvalue weighted by molar-refractivity contribution is -0.274. The molecule has 0 atom stereocenters. The van der Waals surface area contributed by atoms with Gasteiger partial charge in [-0.15, -0.1) is 24.5 Å². The maximum atomic E-state index is 12.5. The lowest BCUT2D eigenvalue weighted by Crippen LogP contribution is -2.16. The van der Waals surface area contributed by atoms with Crippen LogP contribution in [0.3, 0.4) is 0 Å². The lowest BCUT2D eigenvalue weighted by Gasteiger charge is -2.11. The standard InChI is InChI=1S/C26H21F3N2O5S2/c1-2-38(33,34)21-11-5-17(6-12-21)14-23(32)31-24-15-18(16-37-24)22-4-3-13-30-25(22)35-19-7-9-20(10-8-19)36-26(27,28)29/h3-13,15-16H,2,14H2,1H3,(H,31,32). The van der Waals surface area contributed by atoms with E-state index in [1.165, 1.54) is 41.8 Å². The summed E-state index contributed by atoms with van der Waals surface area (Å²) in [4.78, 5) is 17.0. The van der Waals surface area contributed by atoms with Crippen molar-refractivity contribution in [2.24, 2.45) is 0 Å². The third-order valence-corrected chi connectivity index (χ3v) is 7.84. The summed E-state index contributed by atoms with van der Waals surface area (Å²) in [6, 6.07) is 16.4. The Hall–Kier alpha value is -3.90. The number of nitrogens with zero attached hydrogens (tertiary/aromatic N) is 1. The van der Waals surface area contributed by atoms with Crippen LogP contribution in [0.4, 0.5) is 18.2 Å². The monoisotopic (exact) mass is 562 g/mol. The third-order valence-electron chi connectivity index (χ3n) is 5.24. The van der Waals surface area contributed by atoms with Crippen molar-refractivity contribution in [3.63, 3.8) is 0 Å². The predicted octanol–water partition coefficient (Wildman–Crippen LogP) is 6.48. The lowest BCUT2D eigenvalue weighted by atomic mass is 10.1. The fourth-order valence-electron chi connectivity index (χ4n) is 3.40. The van der Waals surface area contributed by atoms with Gasteiger partial charge in [-0.3, -0.25) is 4.79 Å². The van der Waals surface area contributed by atoms with E-state index >= 15 is 0 Å². The van der Waals surface area contributed by atoms with Crippen LogP contribution in [0.25, 0.3) is 11.1 Å². The molecule has 4 rings (SSSR count). The van der Waals surface area contributed by atoms with Gasteiger partial charge < -0.3 is 14.8 Å². The molecule has 12 heteroatoms. The Morgan fingerprint density at radius 2 is 1.71 bits per heavy atom. The molecule has 0 aliphatic heterocycles. The predicted molar refractivity (Wildman–Crippen MR) is 137 cm³/mol. The number of amides is 1. The zero-order valence-corrected chi connectivity index (χ0v) is 21.5. The van der Waals surface area contributed by atoms with E-state index in [1.54, 1.807) is 37.3 Å². The Kier molecular flexibility index (Phi) is 8.02. The number of sulfone groups is 1. The first-order chi connectivity index (χ1) is 18.0. The van der Waals surface area contributed by atoms with Crippen LogP contribution < -0.4 is 14.8 Å². The summed E-state index contributed by atoms with van der Waals surface area (Å²) >= 11 is 1.30. The van der Waals surface area contributed by atoms with Crippen molar-refractivity contribution in [1.29, 1.82) is 0 Å². The molecular formula is C26H21F3N2O5S2. The summed E-state index contributed by atoms with van der Waals surface area (Å²) in [7, 11) is -3.31.